The van der Waals surface area contributed by atoms with E-state index in [-0.39, 0.29) is 13.0 Å². The predicted molar refractivity (Wildman–Crippen MR) is 42.5 cm³/mol. The standard InChI is InChI=1S/C8H15F2NO/c1-12-6-2-4-11-5-3-8(9,10)7-11/h2-7H2,1H3. The largest absolute Gasteiger partial charge is 0.385 e. The lowest BCUT2D eigenvalue weighted by molar-refractivity contribution is 0.0116. The molecule has 0 amide bonds. The van der Waals surface area contributed by atoms with Crippen LogP contribution in [0.5, 0.6) is 0 Å². The molecule has 4 heteroatoms. The van der Waals surface area contributed by atoms with Crippen LogP contribution in [0.3, 0.4) is 0 Å². The molecule has 0 aromatic carbocycles. The second-order valence-corrected chi connectivity index (χ2v) is 3.23. The van der Waals surface area contributed by atoms with Crippen molar-refractivity contribution in [2.45, 2.75) is 18.8 Å². The Kier molecular flexibility index (Phi) is 3.40. The van der Waals surface area contributed by atoms with Crippen molar-refractivity contribution >= 4 is 0 Å². The van der Waals surface area contributed by atoms with Crippen molar-refractivity contribution in [2.75, 3.05) is 33.4 Å². The van der Waals surface area contributed by atoms with Gasteiger partial charge in [0.15, 0.2) is 0 Å². The van der Waals surface area contributed by atoms with Crippen molar-refractivity contribution in [3.05, 3.63) is 0 Å². The maximum absolute atomic E-state index is 12.6. The molecule has 1 aliphatic rings. The molecule has 1 rings (SSSR count). The fourth-order valence-electron chi connectivity index (χ4n) is 1.43. The molecule has 1 aliphatic heterocycles. The Hall–Kier alpha value is -0.220. The second kappa shape index (κ2) is 4.14. The van der Waals surface area contributed by atoms with Gasteiger partial charge in [-0.2, -0.15) is 0 Å². The molecule has 0 atom stereocenters. The zero-order chi connectivity index (χ0) is 9.03. The third kappa shape index (κ3) is 3.03. The molecule has 0 aromatic rings. The third-order valence-electron chi connectivity index (χ3n) is 2.07. The van der Waals surface area contributed by atoms with E-state index in [1.54, 1.807) is 12.0 Å². The number of alkyl halides is 2. The minimum Gasteiger partial charge on any atom is -0.385 e. The van der Waals surface area contributed by atoms with E-state index in [1.165, 1.54) is 0 Å². The monoisotopic (exact) mass is 179 g/mol. The number of methoxy groups -OCH3 is 1. The average molecular weight is 179 g/mol. The quantitative estimate of drug-likeness (QED) is 0.604. The highest BCUT2D eigenvalue weighted by molar-refractivity contribution is 4.81. The summed E-state index contributed by atoms with van der Waals surface area (Å²) in [6.45, 7) is 1.83. The van der Waals surface area contributed by atoms with Crippen LogP contribution in [0, 0.1) is 0 Å². The van der Waals surface area contributed by atoms with Gasteiger partial charge in [-0.3, -0.25) is 4.90 Å². The van der Waals surface area contributed by atoms with E-state index >= 15 is 0 Å². The summed E-state index contributed by atoms with van der Waals surface area (Å²) in [5, 5.41) is 0. The molecule has 12 heavy (non-hydrogen) atoms. The first-order valence-corrected chi connectivity index (χ1v) is 4.23. The minimum atomic E-state index is -2.45. The van der Waals surface area contributed by atoms with Gasteiger partial charge in [0.2, 0.25) is 0 Å². The molecule has 1 heterocycles. The molecule has 0 radical (unpaired) electrons. The SMILES string of the molecule is COCCCN1CCC(F)(F)C1. The first kappa shape index (κ1) is 9.86. The number of ether oxygens (including phenoxy) is 1. The van der Waals surface area contributed by atoms with Crippen LogP contribution in [0.15, 0.2) is 0 Å². The van der Waals surface area contributed by atoms with Gasteiger partial charge in [-0.1, -0.05) is 0 Å². The summed E-state index contributed by atoms with van der Waals surface area (Å²) in [6, 6.07) is 0. The van der Waals surface area contributed by atoms with Gasteiger partial charge in [-0.05, 0) is 6.42 Å². The Balaban J connectivity index is 2.11. The Morgan fingerprint density at radius 1 is 1.50 bits per heavy atom. The number of hydrogen-bond acceptors (Lipinski definition) is 2. The molecule has 0 saturated carbocycles. The van der Waals surface area contributed by atoms with E-state index in [0.717, 1.165) is 13.0 Å². The van der Waals surface area contributed by atoms with Gasteiger partial charge in [-0.15, -0.1) is 0 Å². The van der Waals surface area contributed by atoms with E-state index in [2.05, 4.69) is 0 Å². The van der Waals surface area contributed by atoms with E-state index in [9.17, 15) is 8.78 Å². The molecule has 2 nitrogen and oxygen atoms in total. The smallest absolute Gasteiger partial charge is 0.261 e. The summed E-state index contributed by atoms with van der Waals surface area (Å²) in [5.41, 5.74) is 0. The van der Waals surface area contributed by atoms with Gasteiger partial charge in [0.25, 0.3) is 5.92 Å². The summed E-state index contributed by atoms with van der Waals surface area (Å²) in [5.74, 6) is -2.45. The van der Waals surface area contributed by atoms with Gasteiger partial charge in [0, 0.05) is 33.2 Å². The zero-order valence-electron chi connectivity index (χ0n) is 7.35. The number of nitrogens with zero attached hydrogens (tertiary/aromatic N) is 1. The molecule has 72 valence electrons. The van der Waals surface area contributed by atoms with E-state index < -0.39 is 5.92 Å². The lowest BCUT2D eigenvalue weighted by atomic mass is 10.3. The second-order valence-electron chi connectivity index (χ2n) is 3.23. The molecular weight excluding hydrogens is 164 g/mol. The van der Waals surface area contributed by atoms with Crippen LogP contribution in [0.2, 0.25) is 0 Å². The average Bonchev–Trinajstić information content (AvgIpc) is 2.31. The Morgan fingerprint density at radius 2 is 2.25 bits per heavy atom. The molecule has 0 unspecified atom stereocenters. The highest BCUT2D eigenvalue weighted by Crippen LogP contribution is 2.26. The van der Waals surface area contributed by atoms with Gasteiger partial charge < -0.3 is 4.74 Å². The zero-order valence-corrected chi connectivity index (χ0v) is 7.35. The summed E-state index contributed by atoms with van der Waals surface area (Å²) < 4.78 is 30.1. The lowest BCUT2D eigenvalue weighted by Crippen LogP contribution is -2.26. The fraction of sp³-hybridized carbons (Fsp3) is 1.00. The molecule has 0 N–H and O–H groups in total. The van der Waals surface area contributed by atoms with Crippen molar-refractivity contribution < 1.29 is 13.5 Å². The van der Waals surface area contributed by atoms with Crippen molar-refractivity contribution in [3.8, 4) is 0 Å². The van der Waals surface area contributed by atoms with Crippen LogP contribution >= 0.6 is 0 Å². The summed E-state index contributed by atoms with van der Waals surface area (Å²) in [7, 11) is 1.62. The highest BCUT2D eigenvalue weighted by Gasteiger charge is 2.37. The van der Waals surface area contributed by atoms with E-state index in [1.807, 2.05) is 0 Å². The van der Waals surface area contributed by atoms with Crippen LogP contribution in [0.1, 0.15) is 12.8 Å². The molecule has 0 bridgehead atoms. The van der Waals surface area contributed by atoms with Crippen LogP contribution < -0.4 is 0 Å². The molecule has 0 aromatic heterocycles. The van der Waals surface area contributed by atoms with Crippen molar-refractivity contribution in [1.29, 1.82) is 0 Å². The van der Waals surface area contributed by atoms with Crippen LogP contribution in [-0.2, 0) is 4.74 Å². The normalized spacial score (nSPS) is 23.2. The Bertz CT molecular complexity index is 141. The maximum atomic E-state index is 12.6. The summed E-state index contributed by atoms with van der Waals surface area (Å²) in [4.78, 5) is 1.79. The van der Waals surface area contributed by atoms with E-state index in [4.69, 9.17) is 4.74 Å². The number of likely N-dealkylation sites (tertiary alicyclic amines) is 1. The summed E-state index contributed by atoms with van der Waals surface area (Å²) in [6.07, 6.45) is 0.854. The third-order valence-corrected chi connectivity index (χ3v) is 2.07. The fourth-order valence-corrected chi connectivity index (χ4v) is 1.43. The topological polar surface area (TPSA) is 12.5 Å². The van der Waals surface area contributed by atoms with Gasteiger partial charge in [0.05, 0.1) is 6.54 Å². The molecule has 0 spiro atoms. The number of hydrogen-bond donors (Lipinski definition) is 0. The first-order chi connectivity index (χ1) is 5.64. The van der Waals surface area contributed by atoms with Crippen LogP contribution in [0.25, 0.3) is 0 Å². The van der Waals surface area contributed by atoms with Gasteiger partial charge in [-0.25, -0.2) is 8.78 Å². The molecular formula is C8H15F2NO. The van der Waals surface area contributed by atoms with Crippen molar-refractivity contribution in [2.24, 2.45) is 0 Å². The van der Waals surface area contributed by atoms with Crippen LogP contribution in [-0.4, -0.2) is 44.2 Å². The van der Waals surface area contributed by atoms with Crippen molar-refractivity contribution in [3.63, 3.8) is 0 Å². The molecule has 1 saturated heterocycles. The minimum absolute atomic E-state index is 0.0139. The van der Waals surface area contributed by atoms with Crippen molar-refractivity contribution in [1.82, 2.24) is 4.90 Å². The maximum Gasteiger partial charge on any atom is 0.261 e. The Labute approximate surface area is 71.5 Å². The van der Waals surface area contributed by atoms with Gasteiger partial charge >= 0.3 is 0 Å². The van der Waals surface area contributed by atoms with E-state index in [0.29, 0.717) is 13.2 Å². The summed E-state index contributed by atoms with van der Waals surface area (Å²) >= 11 is 0. The van der Waals surface area contributed by atoms with Gasteiger partial charge in [0.1, 0.15) is 0 Å². The predicted octanol–water partition coefficient (Wildman–Crippen LogP) is 1.36. The number of rotatable bonds is 4. The highest BCUT2D eigenvalue weighted by atomic mass is 19.3. The Morgan fingerprint density at radius 3 is 2.75 bits per heavy atom. The van der Waals surface area contributed by atoms with Crippen LogP contribution in [0.4, 0.5) is 8.78 Å². The lowest BCUT2D eigenvalue weighted by Gasteiger charge is -2.14. The molecule has 0 aliphatic carbocycles. The first-order valence-electron chi connectivity index (χ1n) is 4.23. The number of halogens is 2. The molecule has 1 fully saturated rings.